The van der Waals surface area contributed by atoms with Crippen LogP contribution in [-0.2, 0) is 4.79 Å². The van der Waals surface area contributed by atoms with Crippen molar-refractivity contribution < 1.29 is 9.90 Å². The van der Waals surface area contributed by atoms with E-state index in [-0.39, 0.29) is 12.6 Å². The molecule has 5 heteroatoms. The molecule has 3 nitrogen and oxygen atoms in total. The lowest BCUT2D eigenvalue weighted by Gasteiger charge is -2.27. The molecule has 0 aliphatic carbocycles. The molecule has 1 rings (SSSR count). The third kappa shape index (κ3) is 3.87. The zero-order valence-electron chi connectivity index (χ0n) is 9.78. The van der Waals surface area contributed by atoms with Crippen molar-refractivity contribution in [3.8, 4) is 0 Å². The first-order chi connectivity index (χ1) is 7.95. The Labute approximate surface area is 111 Å². The summed E-state index contributed by atoms with van der Waals surface area (Å²) in [6.07, 6.45) is 0. The van der Waals surface area contributed by atoms with Gasteiger partial charge in [-0.1, -0.05) is 36.2 Å². The van der Waals surface area contributed by atoms with Crippen molar-refractivity contribution in [3.63, 3.8) is 0 Å². The van der Waals surface area contributed by atoms with Crippen LogP contribution < -0.4 is 0 Å². The number of carboxylic acids is 1. The van der Waals surface area contributed by atoms with Gasteiger partial charge in [-0.05, 0) is 31.2 Å². The summed E-state index contributed by atoms with van der Waals surface area (Å²) in [6, 6.07) is 5.21. The summed E-state index contributed by atoms with van der Waals surface area (Å²) in [6.45, 7) is 4.49. The molecule has 0 saturated heterocycles. The minimum absolute atomic E-state index is 0.00335. The molecule has 94 valence electrons. The van der Waals surface area contributed by atoms with Crippen molar-refractivity contribution in [1.82, 2.24) is 4.90 Å². The van der Waals surface area contributed by atoms with Crippen molar-refractivity contribution in [2.45, 2.75) is 19.9 Å². The van der Waals surface area contributed by atoms with Crippen molar-refractivity contribution in [2.75, 3.05) is 13.1 Å². The lowest BCUT2D eigenvalue weighted by atomic mass is 10.1. The lowest BCUT2D eigenvalue weighted by molar-refractivity contribution is -0.138. The Kier molecular flexibility index (Phi) is 5.25. The maximum atomic E-state index is 10.7. The minimum Gasteiger partial charge on any atom is -0.480 e. The highest BCUT2D eigenvalue weighted by Crippen LogP contribution is 2.29. The average molecular weight is 276 g/mol. The molecule has 0 aromatic heterocycles. The first kappa shape index (κ1) is 14.3. The van der Waals surface area contributed by atoms with Gasteiger partial charge in [0.1, 0.15) is 0 Å². The van der Waals surface area contributed by atoms with Crippen molar-refractivity contribution in [2.24, 2.45) is 0 Å². The third-order valence-electron chi connectivity index (χ3n) is 2.70. The normalized spacial score (nSPS) is 12.8. The van der Waals surface area contributed by atoms with Crippen LogP contribution >= 0.6 is 23.2 Å². The average Bonchev–Trinajstić information content (AvgIpc) is 2.24. The highest BCUT2D eigenvalue weighted by molar-refractivity contribution is 6.35. The molecule has 1 aromatic carbocycles. The van der Waals surface area contributed by atoms with Crippen LogP contribution in [0.3, 0.4) is 0 Å². The van der Waals surface area contributed by atoms with Gasteiger partial charge in [0.25, 0.3) is 0 Å². The Hall–Kier alpha value is -0.770. The first-order valence-corrected chi connectivity index (χ1v) is 6.12. The van der Waals surface area contributed by atoms with E-state index in [1.165, 1.54) is 0 Å². The Morgan fingerprint density at radius 2 is 2.12 bits per heavy atom. The highest BCUT2D eigenvalue weighted by atomic mass is 35.5. The number of likely N-dealkylation sites (N-methyl/N-ethyl adjacent to an activating group) is 1. The van der Waals surface area contributed by atoms with Crippen molar-refractivity contribution in [3.05, 3.63) is 33.8 Å². The molecule has 1 unspecified atom stereocenters. The summed E-state index contributed by atoms with van der Waals surface area (Å²) in [5.74, 6) is -0.844. The summed E-state index contributed by atoms with van der Waals surface area (Å²) < 4.78 is 0. The summed E-state index contributed by atoms with van der Waals surface area (Å²) in [5.41, 5.74) is 0.888. The van der Waals surface area contributed by atoms with Crippen LogP contribution in [0.15, 0.2) is 18.2 Å². The third-order valence-corrected chi connectivity index (χ3v) is 3.27. The second-order valence-corrected chi connectivity index (χ2v) is 4.64. The fourth-order valence-corrected chi connectivity index (χ4v) is 2.30. The first-order valence-electron chi connectivity index (χ1n) is 5.36. The van der Waals surface area contributed by atoms with E-state index in [1.54, 1.807) is 12.1 Å². The van der Waals surface area contributed by atoms with Gasteiger partial charge in [0.05, 0.1) is 6.54 Å². The van der Waals surface area contributed by atoms with Gasteiger partial charge in [-0.2, -0.15) is 0 Å². The fourth-order valence-electron chi connectivity index (χ4n) is 1.73. The van der Waals surface area contributed by atoms with Crippen molar-refractivity contribution >= 4 is 29.2 Å². The Bertz CT molecular complexity index is 409. The predicted octanol–water partition coefficient (Wildman–Crippen LogP) is 3.46. The Morgan fingerprint density at radius 3 is 2.59 bits per heavy atom. The molecule has 0 radical (unpaired) electrons. The van der Waals surface area contributed by atoms with Crippen LogP contribution in [0.25, 0.3) is 0 Å². The number of rotatable bonds is 5. The molecule has 0 bridgehead atoms. The van der Waals surface area contributed by atoms with Crippen LogP contribution in [0.1, 0.15) is 25.5 Å². The quantitative estimate of drug-likeness (QED) is 0.895. The van der Waals surface area contributed by atoms with Gasteiger partial charge in [-0.15, -0.1) is 0 Å². The molecule has 0 fully saturated rings. The molecule has 0 spiro atoms. The van der Waals surface area contributed by atoms with E-state index in [1.807, 2.05) is 24.8 Å². The van der Waals surface area contributed by atoms with Gasteiger partial charge < -0.3 is 5.11 Å². The summed E-state index contributed by atoms with van der Waals surface area (Å²) >= 11 is 11.9. The van der Waals surface area contributed by atoms with Crippen LogP contribution in [-0.4, -0.2) is 29.1 Å². The molecule has 17 heavy (non-hydrogen) atoms. The number of benzene rings is 1. The van der Waals surface area contributed by atoms with E-state index in [4.69, 9.17) is 28.3 Å². The number of hydrogen-bond donors (Lipinski definition) is 1. The predicted molar refractivity (Wildman–Crippen MR) is 69.8 cm³/mol. The smallest absolute Gasteiger partial charge is 0.317 e. The standard InChI is InChI=1S/C12H15Cl2NO2/c1-3-15(7-12(16)17)8(2)10-5-4-9(13)6-11(10)14/h4-6,8H,3,7H2,1-2H3,(H,16,17). The molecular formula is C12H15Cl2NO2. The molecule has 0 heterocycles. The van der Waals surface area contributed by atoms with Gasteiger partial charge in [0, 0.05) is 16.1 Å². The van der Waals surface area contributed by atoms with Gasteiger partial charge in [0.15, 0.2) is 0 Å². The topological polar surface area (TPSA) is 40.5 Å². The van der Waals surface area contributed by atoms with E-state index < -0.39 is 5.97 Å². The zero-order valence-corrected chi connectivity index (χ0v) is 11.3. The van der Waals surface area contributed by atoms with E-state index >= 15 is 0 Å². The number of nitrogens with zero attached hydrogens (tertiary/aromatic N) is 1. The number of hydrogen-bond acceptors (Lipinski definition) is 2. The molecule has 0 saturated carbocycles. The summed E-state index contributed by atoms with van der Waals surface area (Å²) in [5, 5.41) is 9.97. The SMILES string of the molecule is CCN(CC(=O)O)C(C)c1ccc(Cl)cc1Cl. The minimum atomic E-state index is -0.844. The molecule has 1 atom stereocenters. The molecule has 1 N–H and O–H groups in total. The maximum Gasteiger partial charge on any atom is 0.317 e. The molecule has 0 aliphatic heterocycles. The van der Waals surface area contributed by atoms with Gasteiger partial charge in [-0.25, -0.2) is 0 Å². The summed E-state index contributed by atoms with van der Waals surface area (Å²) in [4.78, 5) is 12.6. The molecular weight excluding hydrogens is 261 g/mol. The lowest BCUT2D eigenvalue weighted by Crippen LogP contribution is -2.32. The number of aliphatic carboxylic acids is 1. The second-order valence-electron chi connectivity index (χ2n) is 3.80. The number of carbonyl (C=O) groups is 1. The maximum absolute atomic E-state index is 10.7. The largest absolute Gasteiger partial charge is 0.480 e. The molecule has 0 aliphatic rings. The molecule has 0 amide bonds. The Balaban J connectivity index is 2.93. The van der Waals surface area contributed by atoms with Gasteiger partial charge in [-0.3, -0.25) is 9.69 Å². The number of halogens is 2. The second kappa shape index (κ2) is 6.24. The van der Waals surface area contributed by atoms with E-state index in [2.05, 4.69) is 0 Å². The van der Waals surface area contributed by atoms with Crippen LogP contribution in [0.5, 0.6) is 0 Å². The zero-order chi connectivity index (χ0) is 13.0. The monoisotopic (exact) mass is 275 g/mol. The van der Waals surface area contributed by atoms with Crippen LogP contribution in [0.2, 0.25) is 10.0 Å². The number of carboxylic acid groups (broad SMARTS) is 1. The Morgan fingerprint density at radius 1 is 1.47 bits per heavy atom. The van der Waals surface area contributed by atoms with Crippen LogP contribution in [0, 0.1) is 0 Å². The fraction of sp³-hybridized carbons (Fsp3) is 0.417. The van der Waals surface area contributed by atoms with E-state index in [0.717, 1.165) is 5.56 Å². The van der Waals surface area contributed by atoms with E-state index in [0.29, 0.717) is 16.6 Å². The highest BCUT2D eigenvalue weighted by Gasteiger charge is 2.18. The van der Waals surface area contributed by atoms with Crippen molar-refractivity contribution in [1.29, 1.82) is 0 Å². The van der Waals surface area contributed by atoms with Gasteiger partial charge >= 0.3 is 5.97 Å². The van der Waals surface area contributed by atoms with Crippen LogP contribution in [0.4, 0.5) is 0 Å². The molecule has 1 aromatic rings. The van der Waals surface area contributed by atoms with E-state index in [9.17, 15) is 4.79 Å². The van der Waals surface area contributed by atoms with Gasteiger partial charge in [0.2, 0.25) is 0 Å². The summed E-state index contributed by atoms with van der Waals surface area (Å²) in [7, 11) is 0.